The molecule has 5 nitrogen and oxygen atoms in total. The van der Waals surface area contributed by atoms with Crippen molar-refractivity contribution in [1.82, 2.24) is 15.6 Å². The lowest BCUT2D eigenvalue weighted by Crippen LogP contribution is -2.30. The third kappa shape index (κ3) is 4.53. The van der Waals surface area contributed by atoms with Gasteiger partial charge in [0.2, 0.25) is 5.91 Å². The normalized spacial score (nSPS) is 11.1. The van der Waals surface area contributed by atoms with Gasteiger partial charge in [-0.15, -0.1) is 0 Å². The average Bonchev–Trinajstić information content (AvgIpc) is 2.63. The number of benzene rings is 2. The Kier molecular flexibility index (Phi) is 5.93. The van der Waals surface area contributed by atoms with Crippen LogP contribution < -0.4 is 16.4 Å². The predicted molar refractivity (Wildman–Crippen MR) is 103 cm³/mol. The highest BCUT2D eigenvalue weighted by atomic mass is 16.1. The molecule has 0 unspecified atom stereocenters. The minimum atomic E-state index is 0.0290. The van der Waals surface area contributed by atoms with Crippen molar-refractivity contribution < 1.29 is 4.79 Å². The SMILES string of the molecule is NCCNCCCNC(=O)Cc1cccc2cc3ccccc3nc12. The summed E-state index contributed by atoms with van der Waals surface area (Å²) in [6.45, 7) is 2.97. The molecule has 0 saturated heterocycles. The molecule has 0 bridgehead atoms. The second-order valence-electron chi connectivity index (χ2n) is 6.09. The van der Waals surface area contributed by atoms with Crippen LogP contribution in [0.4, 0.5) is 0 Å². The number of nitrogens with one attached hydrogen (secondary N) is 2. The second kappa shape index (κ2) is 8.55. The Labute approximate surface area is 147 Å². The predicted octanol–water partition coefficient (Wildman–Crippen LogP) is 1.99. The van der Waals surface area contributed by atoms with Gasteiger partial charge in [0.1, 0.15) is 0 Å². The molecule has 130 valence electrons. The number of hydrogen-bond acceptors (Lipinski definition) is 4. The van der Waals surface area contributed by atoms with Gasteiger partial charge in [-0.25, -0.2) is 4.98 Å². The Morgan fingerprint density at radius 2 is 1.84 bits per heavy atom. The summed E-state index contributed by atoms with van der Waals surface area (Å²) in [5.74, 6) is 0.0290. The van der Waals surface area contributed by atoms with E-state index in [0.29, 0.717) is 19.5 Å². The molecule has 3 aromatic rings. The number of nitrogens with zero attached hydrogens (tertiary/aromatic N) is 1. The fourth-order valence-electron chi connectivity index (χ4n) is 2.91. The maximum atomic E-state index is 12.2. The standard InChI is InChI=1S/C20H24N4O/c21-9-12-22-10-4-11-23-19(25)14-17-7-3-6-16-13-15-5-1-2-8-18(15)24-20(16)17/h1-3,5-8,13,22H,4,9-12,14,21H2,(H,23,25). The van der Waals surface area contributed by atoms with E-state index in [9.17, 15) is 4.79 Å². The van der Waals surface area contributed by atoms with Crippen LogP contribution in [0.25, 0.3) is 21.8 Å². The van der Waals surface area contributed by atoms with Crippen LogP contribution in [0.1, 0.15) is 12.0 Å². The molecule has 1 heterocycles. The number of fused-ring (bicyclic) bond motifs is 2. The van der Waals surface area contributed by atoms with Gasteiger partial charge in [-0.05, 0) is 30.7 Å². The number of aromatic nitrogens is 1. The zero-order chi connectivity index (χ0) is 17.5. The van der Waals surface area contributed by atoms with E-state index < -0.39 is 0 Å². The van der Waals surface area contributed by atoms with E-state index in [1.54, 1.807) is 0 Å². The summed E-state index contributed by atoms with van der Waals surface area (Å²) in [4.78, 5) is 17.0. The van der Waals surface area contributed by atoms with Crippen molar-refractivity contribution in [2.45, 2.75) is 12.8 Å². The summed E-state index contributed by atoms with van der Waals surface area (Å²) >= 11 is 0. The number of carbonyl (C=O) groups excluding carboxylic acids is 1. The van der Waals surface area contributed by atoms with Crippen molar-refractivity contribution in [2.75, 3.05) is 26.2 Å². The van der Waals surface area contributed by atoms with Gasteiger partial charge in [0.15, 0.2) is 0 Å². The summed E-state index contributed by atoms with van der Waals surface area (Å²) in [5, 5.41) is 8.36. The molecular weight excluding hydrogens is 312 g/mol. The quantitative estimate of drug-likeness (QED) is 0.434. The molecule has 0 radical (unpaired) electrons. The molecule has 0 spiro atoms. The molecule has 0 fully saturated rings. The smallest absolute Gasteiger partial charge is 0.224 e. The molecule has 0 aliphatic rings. The Bertz CT molecular complexity index is 863. The van der Waals surface area contributed by atoms with Gasteiger partial charge in [-0.3, -0.25) is 4.79 Å². The summed E-state index contributed by atoms with van der Waals surface area (Å²) in [5.41, 5.74) is 8.24. The number of nitrogens with two attached hydrogens (primary N) is 1. The first-order valence-corrected chi connectivity index (χ1v) is 8.73. The van der Waals surface area contributed by atoms with E-state index in [1.165, 1.54) is 0 Å². The van der Waals surface area contributed by atoms with Gasteiger partial charge in [0.05, 0.1) is 17.5 Å². The highest BCUT2D eigenvalue weighted by Crippen LogP contribution is 2.22. The molecular formula is C20H24N4O. The first kappa shape index (κ1) is 17.3. The highest BCUT2D eigenvalue weighted by molar-refractivity contribution is 5.95. The van der Waals surface area contributed by atoms with Gasteiger partial charge in [0, 0.05) is 30.4 Å². The number of amides is 1. The van der Waals surface area contributed by atoms with E-state index in [0.717, 1.165) is 46.9 Å². The molecule has 5 heteroatoms. The van der Waals surface area contributed by atoms with Crippen LogP contribution in [0.15, 0.2) is 48.5 Å². The maximum absolute atomic E-state index is 12.2. The van der Waals surface area contributed by atoms with Crippen molar-refractivity contribution >= 4 is 27.7 Å². The highest BCUT2D eigenvalue weighted by Gasteiger charge is 2.09. The number of pyridine rings is 1. The molecule has 2 aromatic carbocycles. The third-order valence-electron chi connectivity index (χ3n) is 4.16. The van der Waals surface area contributed by atoms with Crippen molar-refractivity contribution in [3.05, 3.63) is 54.1 Å². The van der Waals surface area contributed by atoms with Gasteiger partial charge in [-0.2, -0.15) is 0 Å². The minimum Gasteiger partial charge on any atom is -0.356 e. The van der Waals surface area contributed by atoms with E-state index in [2.05, 4.69) is 22.8 Å². The van der Waals surface area contributed by atoms with Crippen LogP contribution in [-0.2, 0) is 11.2 Å². The zero-order valence-corrected chi connectivity index (χ0v) is 14.3. The average molecular weight is 336 g/mol. The first-order chi connectivity index (χ1) is 12.3. The molecule has 25 heavy (non-hydrogen) atoms. The van der Waals surface area contributed by atoms with E-state index >= 15 is 0 Å². The Morgan fingerprint density at radius 3 is 2.72 bits per heavy atom. The van der Waals surface area contributed by atoms with Crippen LogP contribution in [0.5, 0.6) is 0 Å². The van der Waals surface area contributed by atoms with Crippen molar-refractivity contribution in [1.29, 1.82) is 0 Å². The van der Waals surface area contributed by atoms with E-state index in [4.69, 9.17) is 10.7 Å². The van der Waals surface area contributed by atoms with Crippen LogP contribution in [0.3, 0.4) is 0 Å². The lowest BCUT2D eigenvalue weighted by molar-refractivity contribution is -0.120. The largest absolute Gasteiger partial charge is 0.356 e. The van der Waals surface area contributed by atoms with Gasteiger partial charge >= 0.3 is 0 Å². The van der Waals surface area contributed by atoms with Crippen LogP contribution >= 0.6 is 0 Å². The summed E-state index contributed by atoms with van der Waals surface area (Å²) in [6, 6.07) is 16.2. The third-order valence-corrected chi connectivity index (χ3v) is 4.16. The molecule has 0 aliphatic heterocycles. The number of carbonyl (C=O) groups is 1. The van der Waals surface area contributed by atoms with E-state index in [1.807, 2.05) is 36.4 Å². The Morgan fingerprint density at radius 1 is 1.00 bits per heavy atom. The second-order valence-corrected chi connectivity index (χ2v) is 6.09. The molecule has 0 aliphatic carbocycles. The fraction of sp³-hybridized carbons (Fsp3) is 0.300. The van der Waals surface area contributed by atoms with Crippen molar-refractivity contribution in [2.24, 2.45) is 5.73 Å². The van der Waals surface area contributed by atoms with Crippen LogP contribution in [0.2, 0.25) is 0 Å². The monoisotopic (exact) mass is 336 g/mol. The molecule has 1 amide bonds. The lowest BCUT2D eigenvalue weighted by atomic mass is 10.0. The Balaban J connectivity index is 1.66. The lowest BCUT2D eigenvalue weighted by Gasteiger charge is -2.09. The van der Waals surface area contributed by atoms with Crippen molar-refractivity contribution in [3.8, 4) is 0 Å². The van der Waals surface area contributed by atoms with Gasteiger partial charge < -0.3 is 16.4 Å². The molecule has 4 N–H and O–H groups in total. The maximum Gasteiger partial charge on any atom is 0.224 e. The van der Waals surface area contributed by atoms with Gasteiger partial charge in [0.25, 0.3) is 0 Å². The van der Waals surface area contributed by atoms with Crippen LogP contribution in [-0.4, -0.2) is 37.1 Å². The van der Waals surface area contributed by atoms with Crippen LogP contribution in [0, 0.1) is 0 Å². The summed E-state index contributed by atoms with van der Waals surface area (Å²) < 4.78 is 0. The molecule has 0 atom stereocenters. The first-order valence-electron chi connectivity index (χ1n) is 8.73. The molecule has 0 saturated carbocycles. The molecule has 3 rings (SSSR count). The summed E-state index contributed by atoms with van der Waals surface area (Å²) in [7, 11) is 0. The number of para-hydroxylation sites is 2. The summed E-state index contributed by atoms with van der Waals surface area (Å²) in [6.07, 6.45) is 1.24. The topological polar surface area (TPSA) is 80.0 Å². The number of rotatable bonds is 8. The van der Waals surface area contributed by atoms with Gasteiger partial charge in [-0.1, -0.05) is 36.4 Å². The number of hydrogen-bond donors (Lipinski definition) is 3. The zero-order valence-electron chi connectivity index (χ0n) is 14.3. The Hall–Kier alpha value is -2.50. The molecule has 1 aromatic heterocycles. The minimum absolute atomic E-state index is 0.0290. The fourth-order valence-corrected chi connectivity index (χ4v) is 2.91. The van der Waals surface area contributed by atoms with Crippen molar-refractivity contribution in [3.63, 3.8) is 0 Å². The van der Waals surface area contributed by atoms with E-state index in [-0.39, 0.29) is 5.91 Å².